The van der Waals surface area contributed by atoms with Crippen molar-refractivity contribution in [2.24, 2.45) is 0 Å². The molecular weight excluding hydrogens is 481 g/mol. The van der Waals surface area contributed by atoms with Gasteiger partial charge in [0.05, 0.1) is 36.0 Å². The zero-order chi connectivity index (χ0) is 26.1. The number of esters is 1. The summed E-state index contributed by atoms with van der Waals surface area (Å²) in [6.45, 7) is 0.869. The van der Waals surface area contributed by atoms with Gasteiger partial charge in [-0.3, -0.25) is 10.1 Å². The minimum absolute atomic E-state index is 0.0510. The third kappa shape index (κ3) is 4.46. The molecule has 11 heteroatoms. The Hall–Kier alpha value is -4.80. The van der Waals surface area contributed by atoms with Crippen LogP contribution in [0.2, 0.25) is 0 Å². The van der Waals surface area contributed by atoms with Gasteiger partial charge in [-0.2, -0.15) is 4.39 Å². The van der Waals surface area contributed by atoms with E-state index in [1.165, 1.54) is 32.1 Å². The van der Waals surface area contributed by atoms with Crippen molar-refractivity contribution < 1.29 is 23.6 Å². The summed E-state index contributed by atoms with van der Waals surface area (Å²) in [7, 11) is 2.61. The number of carbonyl (C=O) groups excluding carboxylic acids is 1. The van der Waals surface area contributed by atoms with E-state index in [4.69, 9.17) is 14.5 Å². The number of benzene rings is 2. The first-order valence-electron chi connectivity index (χ1n) is 11.4. The molecule has 1 N–H and O–H groups in total. The van der Waals surface area contributed by atoms with Crippen LogP contribution in [0, 0.1) is 15.9 Å². The number of methoxy groups -OCH3 is 2. The maximum absolute atomic E-state index is 14.1. The molecule has 4 aromatic rings. The van der Waals surface area contributed by atoms with E-state index in [1.54, 1.807) is 6.08 Å². The van der Waals surface area contributed by atoms with E-state index in [2.05, 4.69) is 20.9 Å². The molecule has 5 rings (SSSR count). The maximum Gasteiger partial charge on any atom is 0.330 e. The van der Waals surface area contributed by atoms with E-state index in [1.807, 2.05) is 18.3 Å². The minimum atomic E-state index is -1.02. The Morgan fingerprint density at radius 3 is 2.89 bits per heavy atom. The quantitative estimate of drug-likeness (QED) is 0.161. The molecular formula is C26H22FN5O5. The molecule has 0 atom stereocenters. The lowest BCUT2D eigenvalue weighted by molar-refractivity contribution is -0.387. The van der Waals surface area contributed by atoms with E-state index in [-0.39, 0.29) is 17.4 Å². The molecule has 10 nitrogen and oxygen atoms in total. The third-order valence-corrected chi connectivity index (χ3v) is 6.21. The van der Waals surface area contributed by atoms with Gasteiger partial charge < -0.3 is 19.4 Å². The fourth-order valence-electron chi connectivity index (χ4n) is 4.53. The van der Waals surface area contributed by atoms with Crippen LogP contribution in [0.5, 0.6) is 5.75 Å². The Labute approximate surface area is 210 Å². The normalized spacial score (nSPS) is 12.6. The van der Waals surface area contributed by atoms with Crippen LogP contribution in [0.1, 0.15) is 17.5 Å². The van der Waals surface area contributed by atoms with Gasteiger partial charge in [-0.1, -0.05) is 18.2 Å². The molecule has 188 valence electrons. The number of carbonyl (C=O) groups is 1. The predicted octanol–water partition coefficient (Wildman–Crippen LogP) is 5.03. The molecule has 0 unspecified atom stereocenters. The number of aromatic nitrogens is 3. The summed E-state index contributed by atoms with van der Waals surface area (Å²) in [5.74, 6) is -1.39. The molecule has 0 fully saturated rings. The second kappa shape index (κ2) is 9.69. The zero-order valence-electron chi connectivity index (χ0n) is 20.0. The summed E-state index contributed by atoms with van der Waals surface area (Å²) in [5, 5.41) is 15.2. The molecule has 0 amide bonds. The summed E-state index contributed by atoms with van der Waals surface area (Å²) in [6.07, 6.45) is 8.41. The van der Waals surface area contributed by atoms with Gasteiger partial charge in [0.15, 0.2) is 0 Å². The number of rotatable bonds is 7. The van der Waals surface area contributed by atoms with E-state index >= 15 is 0 Å². The van der Waals surface area contributed by atoms with Gasteiger partial charge in [0.1, 0.15) is 5.75 Å². The van der Waals surface area contributed by atoms with Gasteiger partial charge >= 0.3 is 11.7 Å². The summed E-state index contributed by atoms with van der Waals surface area (Å²) >= 11 is 0. The smallest absolute Gasteiger partial charge is 0.330 e. The Morgan fingerprint density at radius 2 is 2.14 bits per heavy atom. The van der Waals surface area contributed by atoms with Crippen molar-refractivity contribution in [3.63, 3.8) is 0 Å². The molecule has 3 heterocycles. The molecule has 1 aliphatic heterocycles. The first-order valence-corrected chi connectivity index (χ1v) is 11.4. The number of nitrogens with one attached hydrogen (secondary N) is 1. The first-order chi connectivity index (χ1) is 17.9. The zero-order valence-corrected chi connectivity index (χ0v) is 20.0. The van der Waals surface area contributed by atoms with Crippen LogP contribution in [-0.2, 0) is 22.5 Å². The molecule has 0 spiro atoms. The number of hydrogen-bond acceptors (Lipinski definition) is 8. The highest BCUT2D eigenvalue weighted by Crippen LogP contribution is 2.38. The second-order valence-corrected chi connectivity index (χ2v) is 8.39. The fourth-order valence-corrected chi connectivity index (χ4v) is 4.53. The number of nitro benzene ring substituents is 1. The van der Waals surface area contributed by atoms with Crippen molar-refractivity contribution >= 4 is 40.3 Å². The lowest BCUT2D eigenvalue weighted by Crippen LogP contribution is -2.05. The monoisotopic (exact) mass is 503 g/mol. The number of aryl methyl sites for hydroxylation is 2. The van der Waals surface area contributed by atoms with Gasteiger partial charge in [0.2, 0.25) is 11.8 Å². The van der Waals surface area contributed by atoms with Crippen molar-refractivity contribution in [2.45, 2.75) is 19.4 Å². The molecule has 0 saturated carbocycles. The highest BCUT2D eigenvalue weighted by atomic mass is 19.1. The van der Waals surface area contributed by atoms with Crippen molar-refractivity contribution in [3.8, 4) is 17.0 Å². The summed E-state index contributed by atoms with van der Waals surface area (Å²) in [5.41, 5.74) is 3.74. The Kier molecular flexibility index (Phi) is 6.26. The lowest BCUT2D eigenvalue weighted by Gasteiger charge is -2.14. The topological polar surface area (TPSA) is 121 Å². The Bertz CT molecular complexity index is 1580. The van der Waals surface area contributed by atoms with Gasteiger partial charge in [-0.05, 0) is 24.5 Å². The third-order valence-electron chi connectivity index (χ3n) is 6.21. The highest BCUT2D eigenvalue weighted by Gasteiger charge is 2.22. The number of ether oxygens (including phenoxy) is 2. The standard InChI is InChI=1S/C26H22FN5O5/c1-36-22-11-19(27)21(32(34)35)12-20(22)29-26-28-13-16(8-9-23(33)37-2)24(30-26)18-14-31-10-4-6-15-5-3-7-17(18)25(15)31/h3,5,7-9,11-14H,4,6,10H2,1-2H3,(H,28,29,30)/b9-8+. The number of anilines is 2. The van der Waals surface area contributed by atoms with E-state index in [0.717, 1.165) is 48.0 Å². The van der Waals surface area contributed by atoms with E-state index < -0.39 is 22.4 Å². The number of halogens is 1. The first kappa shape index (κ1) is 23.9. The molecule has 0 bridgehead atoms. The number of para-hydroxylation sites is 1. The molecule has 2 aromatic heterocycles. The second-order valence-electron chi connectivity index (χ2n) is 8.39. The molecule has 0 aliphatic carbocycles. The molecule has 2 aromatic carbocycles. The lowest BCUT2D eigenvalue weighted by atomic mass is 10.0. The number of nitro groups is 1. The van der Waals surface area contributed by atoms with Gasteiger partial charge in [-0.25, -0.2) is 14.8 Å². The minimum Gasteiger partial charge on any atom is -0.494 e. The number of nitrogens with zero attached hydrogens (tertiary/aromatic N) is 4. The molecule has 0 saturated heterocycles. The summed E-state index contributed by atoms with van der Waals surface area (Å²) < 4.78 is 26.2. The van der Waals surface area contributed by atoms with Crippen molar-refractivity contribution in [3.05, 3.63) is 75.9 Å². The fraction of sp³-hybridized carbons (Fsp3) is 0.192. The van der Waals surface area contributed by atoms with Crippen molar-refractivity contribution in [1.82, 2.24) is 14.5 Å². The Balaban J connectivity index is 1.65. The predicted molar refractivity (Wildman–Crippen MR) is 135 cm³/mol. The van der Waals surface area contributed by atoms with Gasteiger partial charge in [0.25, 0.3) is 0 Å². The maximum atomic E-state index is 14.1. The highest BCUT2D eigenvalue weighted by molar-refractivity contribution is 5.99. The molecule has 0 radical (unpaired) electrons. The average molecular weight is 503 g/mol. The van der Waals surface area contributed by atoms with Crippen molar-refractivity contribution in [2.75, 3.05) is 19.5 Å². The van der Waals surface area contributed by atoms with Crippen LogP contribution >= 0.6 is 0 Å². The summed E-state index contributed by atoms with van der Waals surface area (Å²) in [4.78, 5) is 31.3. The van der Waals surface area contributed by atoms with Crippen LogP contribution in [0.4, 0.5) is 21.7 Å². The molecule has 37 heavy (non-hydrogen) atoms. The average Bonchev–Trinajstić information content (AvgIpc) is 3.28. The summed E-state index contributed by atoms with van der Waals surface area (Å²) in [6, 6.07) is 8.10. The van der Waals surface area contributed by atoms with E-state index in [0.29, 0.717) is 11.3 Å². The Morgan fingerprint density at radius 1 is 1.30 bits per heavy atom. The van der Waals surface area contributed by atoms with E-state index in [9.17, 15) is 19.3 Å². The van der Waals surface area contributed by atoms with Crippen molar-refractivity contribution in [1.29, 1.82) is 0 Å². The van der Waals surface area contributed by atoms with Gasteiger partial charge in [-0.15, -0.1) is 0 Å². The van der Waals surface area contributed by atoms with Crippen LogP contribution in [0.3, 0.4) is 0 Å². The number of hydrogen-bond donors (Lipinski definition) is 1. The van der Waals surface area contributed by atoms with Crippen LogP contribution in [0.15, 0.2) is 48.8 Å². The van der Waals surface area contributed by atoms with Crippen LogP contribution in [0.25, 0.3) is 28.2 Å². The van der Waals surface area contributed by atoms with Crippen LogP contribution in [-0.4, -0.2) is 39.6 Å². The molecule has 1 aliphatic rings. The largest absolute Gasteiger partial charge is 0.494 e. The van der Waals surface area contributed by atoms with Gasteiger partial charge in [0, 0.05) is 53.7 Å². The van der Waals surface area contributed by atoms with Crippen LogP contribution < -0.4 is 10.1 Å². The SMILES string of the molecule is COC(=O)/C=C/c1cnc(Nc2cc([N+](=O)[O-])c(F)cc2OC)nc1-c1cn2c3c(cccc13)CCC2.